The molecule has 1 aliphatic carbocycles. The summed E-state index contributed by atoms with van der Waals surface area (Å²) in [4.78, 5) is 16.3. The number of nitrogens with one attached hydrogen (secondary N) is 1. The van der Waals surface area contributed by atoms with Crippen LogP contribution in [0, 0.1) is 23.1 Å². The van der Waals surface area contributed by atoms with E-state index in [-0.39, 0.29) is 24.2 Å². The molecule has 6 heteroatoms. The van der Waals surface area contributed by atoms with Gasteiger partial charge in [-0.3, -0.25) is 9.69 Å². The van der Waals surface area contributed by atoms with Crippen LogP contribution in [0.3, 0.4) is 0 Å². The first-order valence-corrected chi connectivity index (χ1v) is 8.46. The SMILES string of the molecule is C[C@](C#N)(NC(=O)CN1CCN(c2ccccc2F)CC1)C1CC1. The van der Waals surface area contributed by atoms with Gasteiger partial charge in [0, 0.05) is 26.2 Å². The average molecular weight is 330 g/mol. The average Bonchev–Trinajstić information content (AvgIpc) is 3.41. The lowest BCUT2D eigenvalue weighted by molar-refractivity contribution is -0.123. The van der Waals surface area contributed by atoms with Crippen LogP contribution in [0.25, 0.3) is 0 Å². The second kappa shape index (κ2) is 6.78. The van der Waals surface area contributed by atoms with Crippen LogP contribution in [0.1, 0.15) is 19.8 Å². The van der Waals surface area contributed by atoms with Gasteiger partial charge in [-0.05, 0) is 37.8 Å². The van der Waals surface area contributed by atoms with E-state index in [1.54, 1.807) is 19.1 Å². The molecule has 1 aromatic carbocycles. The predicted molar refractivity (Wildman–Crippen MR) is 89.9 cm³/mol. The Bertz CT molecular complexity index is 647. The summed E-state index contributed by atoms with van der Waals surface area (Å²) in [5.41, 5.74) is -0.126. The van der Waals surface area contributed by atoms with E-state index in [4.69, 9.17) is 0 Å². The molecule has 24 heavy (non-hydrogen) atoms. The number of amides is 1. The molecule has 0 unspecified atom stereocenters. The molecule has 1 aliphatic heterocycles. The first-order valence-electron chi connectivity index (χ1n) is 8.46. The number of hydrogen-bond acceptors (Lipinski definition) is 4. The molecular formula is C18H23FN4O. The molecule has 1 aromatic rings. The highest BCUT2D eigenvalue weighted by atomic mass is 19.1. The number of para-hydroxylation sites is 1. The molecule has 1 amide bonds. The molecule has 0 spiro atoms. The van der Waals surface area contributed by atoms with E-state index >= 15 is 0 Å². The third-order valence-electron chi connectivity index (χ3n) is 4.96. The summed E-state index contributed by atoms with van der Waals surface area (Å²) in [5, 5.41) is 12.2. The van der Waals surface area contributed by atoms with E-state index in [2.05, 4.69) is 16.3 Å². The lowest BCUT2D eigenvalue weighted by Gasteiger charge is -2.36. The molecule has 1 atom stereocenters. The van der Waals surface area contributed by atoms with Crippen LogP contribution >= 0.6 is 0 Å². The number of rotatable bonds is 5. The maximum absolute atomic E-state index is 13.8. The number of hydrogen-bond donors (Lipinski definition) is 1. The van der Waals surface area contributed by atoms with Crippen molar-refractivity contribution < 1.29 is 9.18 Å². The predicted octanol–water partition coefficient (Wildman–Crippen LogP) is 1.76. The number of benzene rings is 1. The van der Waals surface area contributed by atoms with E-state index in [9.17, 15) is 14.4 Å². The minimum atomic E-state index is -0.744. The Morgan fingerprint density at radius 2 is 2.00 bits per heavy atom. The van der Waals surface area contributed by atoms with Crippen LogP contribution in [-0.4, -0.2) is 49.1 Å². The molecule has 2 aliphatic rings. The van der Waals surface area contributed by atoms with Crippen LogP contribution < -0.4 is 10.2 Å². The van der Waals surface area contributed by atoms with Gasteiger partial charge in [-0.2, -0.15) is 5.26 Å². The highest BCUT2D eigenvalue weighted by molar-refractivity contribution is 5.79. The van der Waals surface area contributed by atoms with Gasteiger partial charge in [-0.25, -0.2) is 4.39 Å². The molecule has 0 radical (unpaired) electrons. The van der Waals surface area contributed by atoms with Gasteiger partial charge in [-0.1, -0.05) is 12.1 Å². The van der Waals surface area contributed by atoms with Crippen LogP contribution in [0.5, 0.6) is 0 Å². The van der Waals surface area contributed by atoms with Crippen molar-refractivity contribution in [3.63, 3.8) is 0 Å². The normalized spacial score (nSPS) is 21.0. The number of carbonyl (C=O) groups excluding carboxylic acids is 1. The van der Waals surface area contributed by atoms with Crippen LogP contribution in [0.2, 0.25) is 0 Å². The Balaban J connectivity index is 1.50. The number of halogens is 1. The van der Waals surface area contributed by atoms with Gasteiger partial charge in [0.15, 0.2) is 0 Å². The molecule has 3 rings (SSSR count). The van der Waals surface area contributed by atoms with Gasteiger partial charge in [0.1, 0.15) is 11.4 Å². The zero-order valence-electron chi connectivity index (χ0n) is 14.0. The Morgan fingerprint density at radius 1 is 1.33 bits per heavy atom. The van der Waals surface area contributed by atoms with Crippen molar-refractivity contribution in [2.45, 2.75) is 25.3 Å². The summed E-state index contributed by atoms with van der Waals surface area (Å²) in [6.07, 6.45) is 2.01. The van der Waals surface area contributed by atoms with Crippen molar-refractivity contribution in [2.75, 3.05) is 37.6 Å². The fourth-order valence-electron chi connectivity index (χ4n) is 3.27. The summed E-state index contributed by atoms with van der Waals surface area (Å²) in [6.45, 7) is 4.87. The second-order valence-corrected chi connectivity index (χ2v) is 6.85. The standard InChI is InChI=1S/C18H23FN4O/c1-18(13-20,14-6-7-14)21-17(24)12-22-8-10-23(11-9-22)16-5-3-2-4-15(16)19/h2-5,14H,6-12H2,1H3,(H,21,24)/t18-/m1/s1. The lowest BCUT2D eigenvalue weighted by Crippen LogP contribution is -2.53. The molecule has 5 nitrogen and oxygen atoms in total. The maximum Gasteiger partial charge on any atom is 0.235 e. The van der Waals surface area contributed by atoms with Gasteiger partial charge in [0.05, 0.1) is 18.3 Å². The number of nitrogens with zero attached hydrogens (tertiary/aromatic N) is 3. The highest BCUT2D eigenvalue weighted by Crippen LogP contribution is 2.39. The van der Waals surface area contributed by atoms with Crippen molar-refractivity contribution in [1.29, 1.82) is 5.26 Å². The van der Waals surface area contributed by atoms with E-state index in [0.29, 0.717) is 31.9 Å². The molecule has 1 heterocycles. The maximum atomic E-state index is 13.8. The highest BCUT2D eigenvalue weighted by Gasteiger charge is 2.43. The van der Waals surface area contributed by atoms with Crippen molar-refractivity contribution in [1.82, 2.24) is 10.2 Å². The number of nitriles is 1. The number of piperazine rings is 1. The largest absolute Gasteiger partial charge is 0.367 e. The van der Waals surface area contributed by atoms with E-state index in [1.807, 2.05) is 11.0 Å². The van der Waals surface area contributed by atoms with Crippen molar-refractivity contribution in [3.05, 3.63) is 30.1 Å². The first kappa shape index (κ1) is 16.7. The Hall–Kier alpha value is -2.13. The summed E-state index contributed by atoms with van der Waals surface area (Å²) < 4.78 is 13.8. The van der Waals surface area contributed by atoms with Gasteiger partial charge < -0.3 is 10.2 Å². The molecule has 0 bridgehead atoms. The fraction of sp³-hybridized carbons (Fsp3) is 0.556. The Labute approximate surface area is 142 Å². The molecule has 0 aromatic heterocycles. The van der Waals surface area contributed by atoms with E-state index in [0.717, 1.165) is 12.8 Å². The van der Waals surface area contributed by atoms with Crippen LogP contribution in [-0.2, 0) is 4.79 Å². The Kier molecular flexibility index (Phi) is 4.72. The van der Waals surface area contributed by atoms with Crippen LogP contribution in [0.4, 0.5) is 10.1 Å². The first-order chi connectivity index (χ1) is 11.5. The van der Waals surface area contributed by atoms with Gasteiger partial charge in [0.2, 0.25) is 5.91 Å². The summed E-state index contributed by atoms with van der Waals surface area (Å²) in [6, 6.07) is 9.01. The van der Waals surface area contributed by atoms with Crippen molar-refractivity contribution in [3.8, 4) is 6.07 Å². The number of anilines is 1. The smallest absolute Gasteiger partial charge is 0.235 e. The quantitative estimate of drug-likeness (QED) is 0.894. The minimum Gasteiger partial charge on any atom is -0.367 e. The van der Waals surface area contributed by atoms with E-state index in [1.165, 1.54) is 6.07 Å². The molecule has 1 saturated heterocycles. The topological polar surface area (TPSA) is 59.4 Å². The summed E-state index contributed by atoms with van der Waals surface area (Å²) in [5.74, 6) is -0.0347. The van der Waals surface area contributed by atoms with Gasteiger partial charge >= 0.3 is 0 Å². The minimum absolute atomic E-state index is 0.106. The lowest BCUT2D eigenvalue weighted by atomic mass is 9.98. The van der Waals surface area contributed by atoms with Gasteiger partial charge in [-0.15, -0.1) is 0 Å². The summed E-state index contributed by atoms with van der Waals surface area (Å²) in [7, 11) is 0. The van der Waals surface area contributed by atoms with E-state index < -0.39 is 5.54 Å². The van der Waals surface area contributed by atoms with Crippen LogP contribution in [0.15, 0.2) is 24.3 Å². The third kappa shape index (κ3) is 3.68. The second-order valence-electron chi connectivity index (χ2n) is 6.85. The van der Waals surface area contributed by atoms with Gasteiger partial charge in [0.25, 0.3) is 0 Å². The third-order valence-corrected chi connectivity index (χ3v) is 4.96. The number of carbonyl (C=O) groups is 1. The molecule has 1 saturated carbocycles. The monoisotopic (exact) mass is 330 g/mol. The zero-order chi connectivity index (χ0) is 17.2. The molecule has 128 valence electrons. The molecular weight excluding hydrogens is 307 g/mol. The molecule has 1 N–H and O–H groups in total. The van der Waals surface area contributed by atoms with Crippen molar-refractivity contribution >= 4 is 11.6 Å². The zero-order valence-corrected chi connectivity index (χ0v) is 14.0. The fourth-order valence-corrected chi connectivity index (χ4v) is 3.27. The van der Waals surface area contributed by atoms with Crippen molar-refractivity contribution in [2.24, 2.45) is 5.92 Å². The summed E-state index contributed by atoms with van der Waals surface area (Å²) >= 11 is 0. The Morgan fingerprint density at radius 3 is 2.58 bits per heavy atom. The molecule has 2 fully saturated rings.